The van der Waals surface area contributed by atoms with Gasteiger partial charge in [0.15, 0.2) is 11.3 Å². The van der Waals surface area contributed by atoms with Gasteiger partial charge in [-0.3, -0.25) is 19.1 Å². The Bertz CT molecular complexity index is 2000. The highest BCUT2D eigenvalue weighted by Crippen LogP contribution is 2.41. The number of rotatable bonds is 15. The predicted molar refractivity (Wildman–Crippen MR) is 185 cm³/mol. The number of likely N-dealkylation sites (tertiary alicyclic amines) is 1. The van der Waals surface area contributed by atoms with E-state index in [1.165, 1.54) is 11.3 Å². The molecule has 0 radical (unpaired) electrons. The molecule has 7 rings (SSSR count). The third kappa shape index (κ3) is 7.49. The Morgan fingerprint density at radius 3 is 2.71 bits per heavy atom. The number of hydrogen-bond acceptors (Lipinski definition) is 10. The third-order valence-corrected chi connectivity index (χ3v) is 12.1. The highest BCUT2D eigenvalue weighted by Gasteiger charge is 2.45. The van der Waals surface area contributed by atoms with E-state index in [4.69, 9.17) is 19.9 Å². The van der Waals surface area contributed by atoms with Crippen molar-refractivity contribution in [2.75, 3.05) is 6.54 Å². The second-order valence-electron chi connectivity index (χ2n) is 13.2. The number of benzene rings is 1. The maximum absolute atomic E-state index is 13.3. The van der Waals surface area contributed by atoms with Crippen LogP contribution in [0.1, 0.15) is 64.2 Å². The van der Waals surface area contributed by atoms with Crippen molar-refractivity contribution in [1.29, 1.82) is 0 Å². The number of furan rings is 1. The van der Waals surface area contributed by atoms with Crippen molar-refractivity contribution in [2.24, 2.45) is 17.6 Å². The van der Waals surface area contributed by atoms with Crippen molar-refractivity contribution < 1.29 is 32.0 Å². The van der Waals surface area contributed by atoms with Crippen LogP contribution in [0.5, 0.6) is 5.75 Å². The monoisotopic (exact) mass is 705 g/mol. The van der Waals surface area contributed by atoms with Crippen LogP contribution in [0, 0.1) is 11.8 Å². The molecule has 49 heavy (non-hydrogen) atoms. The normalized spacial score (nSPS) is 22.2. The summed E-state index contributed by atoms with van der Waals surface area (Å²) < 4.78 is 38.8. The summed E-state index contributed by atoms with van der Waals surface area (Å²) >= 11 is 1.47. The minimum absolute atomic E-state index is 0.0989. The molecular weight excluding hydrogens is 667 g/mol. The number of allylic oxidation sites excluding steroid dienone is 2. The standard InChI is InChI=1S/C35H39N5O7S2/c36-33(42)27-18-22(46-29-19-26(35-37-15-16-48-35)38-31-24-10-7-8-11-28(24)47-32(29)31)20-40(27)30(41)12-6-4-2-1-3-5-9-21-17-25(21)34(43)39-49(44,45)23-13-14-23/h5,7-11,15-16,19,21-23,25,27H,1-4,6,12-14,17-18,20H2,(H2,36,42)(H,39,43)/b9-5-/t21-,22-,25+,27+/m1/s1. The molecule has 1 aromatic carbocycles. The Labute approximate surface area is 288 Å². The lowest BCUT2D eigenvalue weighted by atomic mass is 10.1. The number of primary amides is 1. The smallest absolute Gasteiger partial charge is 0.240 e. The molecule has 12 nitrogen and oxygen atoms in total. The molecule has 0 spiro atoms. The van der Waals surface area contributed by atoms with Crippen molar-refractivity contribution in [3.05, 3.63) is 54.1 Å². The number of aromatic nitrogens is 2. The third-order valence-electron chi connectivity index (χ3n) is 9.43. The van der Waals surface area contributed by atoms with Crippen molar-refractivity contribution in [2.45, 2.75) is 81.6 Å². The molecule has 3 fully saturated rings. The molecule has 14 heteroatoms. The number of pyridine rings is 1. The van der Waals surface area contributed by atoms with E-state index in [0.717, 1.165) is 36.1 Å². The highest BCUT2D eigenvalue weighted by molar-refractivity contribution is 7.90. The largest absolute Gasteiger partial charge is 0.484 e. The van der Waals surface area contributed by atoms with Gasteiger partial charge in [0.25, 0.3) is 0 Å². The van der Waals surface area contributed by atoms with Gasteiger partial charge in [-0.25, -0.2) is 18.4 Å². The number of nitrogens with two attached hydrogens (primary N) is 1. The zero-order valence-electron chi connectivity index (χ0n) is 27.0. The molecule has 0 unspecified atom stereocenters. The van der Waals surface area contributed by atoms with E-state index in [1.54, 1.807) is 17.2 Å². The zero-order valence-corrected chi connectivity index (χ0v) is 28.6. The van der Waals surface area contributed by atoms with E-state index in [2.05, 4.69) is 15.8 Å². The van der Waals surface area contributed by atoms with E-state index in [0.29, 0.717) is 60.2 Å². The molecule has 1 aliphatic heterocycles. The van der Waals surface area contributed by atoms with Crippen molar-refractivity contribution >= 4 is 61.2 Å². The minimum atomic E-state index is -3.49. The molecule has 3 amide bonds. The van der Waals surface area contributed by atoms with E-state index in [1.807, 2.05) is 35.7 Å². The molecule has 4 atom stereocenters. The first-order valence-electron chi connectivity index (χ1n) is 16.9. The number of fused-ring (bicyclic) bond motifs is 3. The molecule has 2 saturated carbocycles. The van der Waals surface area contributed by atoms with Crippen LogP contribution >= 0.6 is 11.3 Å². The van der Waals surface area contributed by atoms with Gasteiger partial charge in [-0.05, 0) is 56.6 Å². The topological polar surface area (TPSA) is 175 Å². The molecule has 4 heterocycles. The average molecular weight is 706 g/mol. The van der Waals surface area contributed by atoms with Gasteiger partial charge in [0.05, 0.1) is 11.8 Å². The van der Waals surface area contributed by atoms with Crippen LogP contribution in [0.2, 0.25) is 0 Å². The van der Waals surface area contributed by atoms with Gasteiger partial charge in [0.1, 0.15) is 33.9 Å². The first-order chi connectivity index (χ1) is 23.7. The highest BCUT2D eigenvalue weighted by atomic mass is 32.2. The molecule has 2 aliphatic carbocycles. The van der Waals surface area contributed by atoms with Gasteiger partial charge in [-0.15, -0.1) is 11.3 Å². The lowest BCUT2D eigenvalue weighted by Crippen LogP contribution is -2.43. The van der Waals surface area contributed by atoms with Gasteiger partial charge in [0, 0.05) is 41.8 Å². The number of hydrogen-bond donors (Lipinski definition) is 2. The van der Waals surface area contributed by atoms with Crippen LogP contribution in [0.25, 0.3) is 32.8 Å². The number of sulfonamides is 1. The zero-order chi connectivity index (χ0) is 34.1. The van der Waals surface area contributed by atoms with Crippen LogP contribution in [-0.2, 0) is 24.4 Å². The summed E-state index contributed by atoms with van der Waals surface area (Å²) in [7, 11) is -3.49. The van der Waals surface area contributed by atoms with E-state index in [-0.39, 0.29) is 36.6 Å². The molecule has 3 aromatic heterocycles. The number of ether oxygens (including phenoxy) is 1. The van der Waals surface area contributed by atoms with Crippen molar-refractivity contribution in [3.63, 3.8) is 0 Å². The van der Waals surface area contributed by atoms with Crippen molar-refractivity contribution in [3.8, 4) is 16.5 Å². The lowest BCUT2D eigenvalue weighted by molar-refractivity contribution is -0.137. The van der Waals surface area contributed by atoms with Crippen LogP contribution in [0.4, 0.5) is 0 Å². The Hall–Kier alpha value is -4.30. The maximum atomic E-state index is 13.3. The second kappa shape index (κ2) is 13.9. The van der Waals surface area contributed by atoms with Crippen LogP contribution in [0.3, 0.4) is 0 Å². The molecule has 3 aliphatic rings. The fraction of sp³-hybridized carbons (Fsp3) is 0.457. The number of nitrogens with zero attached hydrogens (tertiary/aromatic N) is 3. The molecule has 0 bridgehead atoms. The Morgan fingerprint density at radius 2 is 1.94 bits per heavy atom. The quantitative estimate of drug-likeness (QED) is 0.126. The van der Waals surface area contributed by atoms with Gasteiger partial charge in [-0.2, -0.15) is 0 Å². The average Bonchev–Trinajstić information content (AvgIpc) is 3.93. The van der Waals surface area contributed by atoms with E-state index < -0.39 is 33.3 Å². The summed E-state index contributed by atoms with van der Waals surface area (Å²) in [6.07, 6.45) is 12.1. The number of carbonyl (C=O) groups is 3. The SMILES string of the molecule is NC(=O)[C@@H]1C[C@@H](Oc2cc(-c3nccs3)nc3c2oc2ccccc23)CN1C(=O)CCCCCC/C=C\[C@@H]1C[C@@H]1C(=O)NS(=O)(=O)C1CC1. The first-order valence-corrected chi connectivity index (χ1v) is 19.3. The summed E-state index contributed by atoms with van der Waals surface area (Å²) in [5.74, 6) is -0.747. The van der Waals surface area contributed by atoms with Gasteiger partial charge >= 0.3 is 0 Å². The Morgan fingerprint density at radius 1 is 1.12 bits per heavy atom. The van der Waals surface area contributed by atoms with Crippen LogP contribution in [-0.4, -0.2) is 64.9 Å². The second-order valence-corrected chi connectivity index (χ2v) is 16.0. The fourth-order valence-electron chi connectivity index (χ4n) is 6.52. The Balaban J connectivity index is 0.888. The molecule has 258 valence electrons. The summed E-state index contributed by atoms with van der Waals surface area (Å²) in [5.41, 5.74) is 8.24. The summed E-state index contributed by atoms with van der Waals surface area (Å²) in [5, 5.41) is 3.08. The number of unbranched alkanes of at least 4 members (excludes halogenated alkanes) is 4. The fourth-order valence-corrected chi connectivity index (χ4v) is 8.47. The predicted octanol–water partition coefficient (Wildman–Crippen LogP) is 5.08. The van der Waals surface area contributed by atoms with Gasteiger partial charge in [0.2, 0.25) is 27.7 Å². The molecular formula is C35H39N5O7S2. The van der Waals surface area contributed by atoms with Gasteiger partial charge in [-0.1, -0.05) is 37.1 Å². The van der Waals surface area contributed by atoms with Crippen LogP contribution in [0.15, 0.2) is 58.5 Å². The van der Waals surface area contributed by atoms with E-state index in [9.17, 15) is 22.8 Å². The number of amides is 3. The number of nitrogens with one attached hydrogen (secondary N) is 1. The lowest BCUT2D eigenvalue weighted by Gasteiger charge is -2.22. The van der Waals surface area contributed by atoms with Crippen molar-refractivity contribution in [1.82, 2.24) is 19.6 Å². The summed E-state index contributed by atoms with van der Waals surface area (Å²) in [4.78, 5) is 48.7. The van der Waals surface area contributed by atoms with Crippen LogP contribution < -0.4 is 15.2 Å². The van der Waals surface area contributed by atoms with Gasteiger partial charge < -0.3 is 19.8 Å². The number of para-hydroxylation sites is 1. The molecule has 1 saturated heterocycles. The molecule has 4 aromatic rings. The summed E-state index contributed by atoms with van der Waals surface area (Å²) in [6.45, 7) is 0.237. The minimum Gasteiger partial charge on any atom is -0.484 e. The number of carbonyl (C=O) groups excluding carboxylic acids is 3. The summed E-state index contributed by atoms with van der Waals surface area (Å²) in [6, 6.07) is 8.68. The maximum Gasteiger partial charge on any atom is 0.240 e. The molecule has 3 N–H and O–H groups in total. The Kier molecular flexibility index (Phi) is 9.42. The number of thiazole rings is 1. The first kappa shape index (κ1) is 33.2. The van der Waals surface area contributed by atoms with E-state index >= 15 is 0 Å².